The maximum absolute atomic E-state index is 6.04. The minimum Gasteiger partial charge on any atom is -0.385 e. The fourth-order valence-electron chi connectivity index (χ4n) is 1.92. The van der Waals surface area contributed by atoms with Crippen molar-refractivity contribution < 1.29 is 9.47 Å². The van der Waals surface area contributed by atoms with Gasteiger partial charge in [-0.05, 0) is 30.2 Å². The van der Waals surface area contributed by atoms with Crippen molar-refractivity contribution >= 4 is 33.2 Å². The van der Waals surface area contributed by atoms with Crippen molar-refractivity contribution in [2.24, 2.45) is 0 Å². The first-order chi connectivity index (χ1) is 9.22. The van der Waals surface area contributed by atoms with Crippen LogP contribution in [0.15, 0.2) is 22.7 Å². The number of hydrogen-bond acceptors (Lipinski definition) is 3. The first-order valence-corrected chi connectivity index (χ1v) is 7.63. The third kappa shape index (κ3) is 5.69. The van der Waals surface area contributed by atoms with Crippen LogP contribution in [0.2, 0.25) is 0 Å². The molecule has 19 heavy (non-hydrogen) atoms. The molecule has 0 radical (unpaired) electrons. The highest BCUT2D eigenvalue weighted by Crippen LogP contribution is 2.26. The van der Waals surface area contributed by atoms with Crippen LogP contribution in [0.25, 0.3) is 0 Å². The summed E-state index contributed by atoms with van der Waals surface area (Å²) in [6.45, 7) is 3.25. The van der Waals surface area contributed by atoms with E-state index in [9.17, 15) is 0 Å². The van der Waals surface area contributed by atoms with E-state index in [1.54, 1.807) is 14.2 Å². The summed E-state index contributed by atoms with van der Waals surface area (Å²) in [5.74, 6) is 0.503. The molecular formula is C14H21BrClNO2. The summed E-state index contributed by atoms with van der Waals surface area (Å²) in [6, 6.07) is 6.21. The van der Waals surface area contributed by atoms with Gasteiger partial charge in [0.1, 0.15) is 0 Å². The molecule has 0 bridgehead atoms. The largest absolute Gasteiger partial charge is 0.385 e. The van der Waals surface area contributed by atoms with E-state index in [0.29, 0.717) is 12.5 Å². The van der Waals surface area contributed by atoms with E-state index in [0.717, 1.165) is 36.2 Å². The average molecular weight is 351 g/mol. The van der Waals surface area contributed by atoms with Gasteiger partial charge in [0.05, 0.1) is 6.61 Å². The molecule has 3 nitrogen and oxygen atoms in total. The van der Waals surface area contributed by atoms with Gasteiger partial charge in [-0.2, -0.15) is 0 Å². The average Bonchev–Trinajstić information content (AvgIpc) is 2.43. The Labute approximate surface area is 129 Å². The molecule has 0 aliphatic carbocycles. The van der Waals surface area contributed by atoms with Crippen molar-refractivity contribution in [2.75, 3.05) is 45.4 Å². The molecular weight excluding hydrogens is 330 g/mol. The normalized spacial score (nSPS) is 10.7. The summed E-state index contributed by atoms with van der Waals surface area (Å²) in [4.78, 5) is 2.30. The van der Waals surface area contributed by atoms with Gasteiger partial charge in [0.15, 0.2) is 0 Å². The Morgan fingerprint density at radius 2 is 1.89 bits per heavy atom. The van der Waals surface area contributed by atoms with Crippen LogP contribution in [0, 0.1) is 0 Å². The van der Waals surface area contributed by atoms with Crippen LogP contribution < -0.4 is 4.90 Å². The molecule has 0 heterocycles. The number of benzene rings is 1. The summed E-state index contributed by atoms with van der Waals surface area (Å²) >= 11 is 9.52. The minimum absolute atomic E-state index is 0.503. The van der Waals surface area contributed by atoms with E-state index < -0.39 is 0 Å². The van der Waals surface area contributed by atoms with E-state index in [1.165, 1.54) is 5.69 Å². The standard InChI is InChI=1S/C14H21BrClNO2/c1-18-8-3-6-17(7-9-19-2)14-5-4-13(15)10-12(14)11-16/h4-5,10H,3,6-9,11H2,1-2H3. The first-order valence-electron chi connectivity index (χ1n) is 6.30. The quantitative estimate of drug-likeness (QED) is 0.501. The zero-order valence-corrected chi connectivity index (χ0v) is 13.8. The van der Waals surface area contributed by atoms with E-state index in [4.69, 9.17) is 21.1 Å². The molecule has 0 atom stereocenters. The third-order valence-corrected chi connectivity index (χ3v) is 3.65. The van der Waals surface area contributed by atoms with Crippen LogP contribution in [0.4, 0.5) is 5.69 Å². The molecule has 1 aromatic rings. The van der Waals surface area contributed by atoms with Gasteiger partial charge in [-0.25, -0.2) is 0 Å². The molecule has 0 fully saturated rings. The maximum atomic E-state index is 6.04. The molecule has 0 spiro atoms. The highest BCUT2D eigenvalue weighted by atomic mass is 79.9. The van der Waals surface area contributed by atoms with Gasteiger partial charge in [-0.1, -0.05) is 15.9 Å². The lowest BCUT2D eigenvalue weighted by atomic mass is 10.1. The molecule has 0 saturated heterocycles. The van der Waals surface area contributed by atoms with E-state index >= 15 is 0 Å². The van der Waals surface area contributed by atoms with Gasteiger partial charge in [-0.3, -0.25) is 0 Å². The first kappa shape index (κ1) is 16.8. The topological polar surface area (TPSA) is 21.7 Å². The molecule has 0 aliphatic rings. The molecule has 0 aromatic heterocycles. The van der Waals surface area contributed by atoms with Crippen molar-refractivity contribution in [2.45, 2.75) is 12.3 Å². The Morgan fingerprint density at radius 1 is 1.16 bits per heavy atom. The van der Waals surface area contributed by atoms with E-state index in [2.05, 4.69) is 33.0 Å². The Kier molecular flexibility index (Phi) is 8.46. The molecule has 1 aromatic carbocycles. The molecule has 108 valence electrons. The van der Waals surface area contributed by atoms with E-state index in [-0.39, 0.29) is 0 Å². The number of alkyl halides is 1. The summed E-state index contributed by atoms with van der Waals surface area (Å²) in [6.07, 6.45) is 0.984. The maximum Gasteiger partial charge on any atom is 0.0637 e. The number of halogens is 2. The molecule has 0 unspecified atom stereocenters. The van der Waals surface area contributed by atoms with E-state index in [1.807, 2.05) is 6.07 Å². The number of ether oxygens (including phenoxy) is 2. The van der Waals surface area contributed by atoms with Gasteiger partial charge >= 0.3 is 0 Å². The Hall–Kier alpha value is -0.290. The van der Waals surface area contributed by atoms with Crippen LogP contribution in [-0.2, 0) is 15.4 Å². The summed E-state index contributed by atoms with van der Waals surface area (Å²) < 4.78 is 11.4. The zero-order chi connectivity index (χ0) is 14.1. The fraction of sp³-hybridized carbons (Fsp3) is 0.571. The van der Waals surface area contributed by atoms with Gasteiger partial charge < -0.3 is 14.4 Å². The monoisotopic (exact) mass is 349 g/mol. The fourth-order valence-corrected chi connectivity index (χ4v) is 2.55. The summed E-state index contributed by atoms with van der Waals surface area (Å²) in [5, 5.41) is 0. The smallest absolute Gasteiger partial charge is 0.0637 e. The third-order valence-electron chi connectivity index (χ3n) is 2.87. The predicted molar refractivity (Wildman–Crippen MR) is 84.3 cm³/mol. The molecule has 1 rings (SSSR count). The predicted octanol–water partition coefficient (Wildman–Crippen LogP) is 3.68. The molecule has 0 amide bonds. The lowest BCUT2D eigenvalue weighted by molar-refractivity contribution is 0.191. The van der Waals surface area contributed by atoms with Crippen LogP contribution in [-0.4, -0.2) is 40.5 Å². The molecule has 0 N–H and O–H groups in total. The van der Waals surface area contributed by atoms with Crippen LogP contribution >= 0.6 is 27.5 Å². The lowest BCUT2D eigenvalue weighted by Gasteiger charge is -2.26. The van der Waals surface area contributed by atoms with Gasteiger partial charge in [0.2, 0.25) is 0 Å². The summed E-state index contributed by atoms with van der Waals surface area (Å²) in [7, 11) is 3.45. The van der Waals surface area contributed by atoms with Gasteiger partial charge in [-0.15, -0.1) is 11.6 Å². The second kappa shape index (κ2) is 9.59. The van der Waals surface area contributed by atoms with Crippen molar-refractivity contribution in [3.05, 3.63) is 28.2 Å². The minimum atomic E-state index is 0.503. The highest BCUT2D eigenvalue weighted by molar-refractivity contribution is 9.10. The van der Waals surface area contributed by atoms with Crippen molar-refractivity contribution in [1.29, 1.82) is 0 Å². The number of hydrogen-bond donors (Lipinski definition) is 0. The number of anilines is 1. The van der Waals surface area contributed by atoms with Crippen LogP contribution in [0.3, 0.4) is 0 Å². The second-order valence-electron chi connectivity index (χ2n) is 4.23. The van der Waals surface area contributed by atoms with Gasteiger partial charge in [0, 0.05) is 50.0 Å². The summed E-state index contributed by atoms with van der Waals surface area (Å²) in [5.41, 5.74) is 2.30. The zero-order valence-electron chi connectivity index (χ0n) is 11.5. The number of rotatable bonds is 9. The molecule has 0 saturated carbocycles. The molecule has 5 heteroatoms. The lowest BCUT2D eigenvalue weighted by Crippen LogP contribution is -2.29. The van der Waals surface area contributed by atoms with Crippen LogP contribution in [0.1, 0.15) is 12.0 Å². The second-order valence-corrected chi connectivity index (χ2v) is 5.42. The van der Waals surface area contributed by atoms with Crippen molar-refractivity contribution in [3.63, 3.8) is 0 Å². The highest BCUT2D eigenvalue weighted by Gasteiger charge is 2.11. The number of methoxy groups -OCH3 is 2. The van der Waals surface area contributed by atoms with Crippen molar-refractivity contribution in [1.82, 2.24) is 0 Å². The number of nitrogens with zero attached hydrogens (tertiary/aromatic N) is 1. The molecule has 0 aliphatic heterocycles. The SMILES string of the molecule is COCCCN(CCOC)c1ccc(Br)cc1CCl. The van der Waals surface area contributed by atoms with Crippen molar-refractivity contribution in [3.8, 4) is 0 Å². The Balaban J connectivity index is 2.82. The Bertz CT molecular complexity index is 376. The van der Waals surface area contributed by atoms with Gasteiger partial charge in [0.25, 0.3) is 0 Å². The van der Waals surface area contributed by atoms with Crippen LogP contribution in [0.5, 0.6) is 0 Å². The Morgan fingerprint density at radius 3 is 2.53 bits per heavy atom.